The van der Waals surface area contributed by atoms with Gasteiger partial charge in [0.1, 0.15) is 6.07 Å². The number of carbonyl (C=O) groups excluding carboxylic acids is 1. The van der Waals surface area contributed by atoms with Gasteiger partial charge in [0.2, 0.25) is 0 Å². The lowest BCUT2D eigenvalue weighted by Crippen LogP contribution is -2.15. The van der Waals surface area contributed by atoms with Crippen LogP contribution >= 0.6 is 0 Å². The first kappa shape index (κ1) is 9.39. The fourth-order valence-electron chi connectivity index (χ4n) is 0.344. The molecule has 6 heteroatoms. The van der Waals surface area contributed by atoms with Crippen molar-refractivity contribution in [2.75, 3.05) is 6.61 Å². The summed E-state index contributed by atoms with van der Waals surface area (Å²) in [5.41, 5.74) is -0.630. The number of oxime groups is 1. The van der Waals surface area contributed by atoms with Crippen molar-refractivity contribution in [2.45, 2.75) is 6.92 Å². The molecule has 0 heterocycles. The summed E-state index contributed by atoms with van der Waals surface area (Å²) in [6.45, 7) is 1.71. The number of nitrogens with zero attached hydrogens (tertiary/aromatic N) is 2. The van der Waals surface area contributed by atoms with Gasteiger partial charge in [-0.2, -0.15) is 10.5 Å². The number of nitriles is 1. The molecule has 0 fully saturated rings. The molecular weight excluding hydrogens is 152 g/mol. The second-order valence-corrected chi connectivity index (χ2v) is 1.35. The average Bonchev–Trinajstić information content (AvgIpc) is 2.00. The Hall–Kier alpha value is -1.61. The molecule has 0 unspecified atom stereocenters. The van der Waals surface area contributed by atoms with Gasteiger partial charge in [-0.05, 0) is 12.1 Å². The Morgan fingerprint density at radius 1 is 1.82 bits per heavy atom. The van der Waals surface area contributed by atoms with E-state index in [4.69, 9.17) is 10.5 Å². The van der Waals surface area contributed by atoms with Crippen molar-refractivity contribution in [1.29, 1.82) is 5.26 Å². The van der Waals surface area contributed by atoms with Crippen molar-refractivity contribution in [2.24, 2.45) is 5.16 Å². The second-order valence-electron chi connectivity index (χ2n) is 1.35. The number of carbonyl (C=O) groups is 1. The van der Waals surface area contributed by atoms with Gasteiger partial charge in [-0.1, -0.05) is 0 Å². The molecule has 0 aliphatic rings. The van der Waals surface area contributed by atoms with E-state index in [0.717, 1.165) is 0 Å². The minimum atomic E-state index is -0.927. The van der Waals surface area contributed by atoms with Crippen LogP contribution in [0.3, 0.4) is 0 Å². The van der Waals surface area contributed by atoms with E-state index in [0.29, 0.717) is 0 Å². The van der Waals surface area contributed by atoms with Crippen molar-refractivity contribution in [1.82, 2.24) is 0 Å². The standard InChI is InChI=1S/C5H6N2O4/c1-2-10-5(8)4(3-6)7-11-9/h9H,2H2,1H3/b7-4+. The van der Waals surface area contributed by atoms with Crippen LogP contribution < -0.4 is 0 Å². The largest absolute Gasteiger partial charge is 0.461 e. The first-order chi connectivity index (χ1) is 5.26. The molecule has 60 valence electrons. The maximum absolute atomic E-state index is 10.6. The quantitative estimate of drug-likeness (QED) is 0.268. The first-order valence-electron chi connectivity index (χ1n) is 2.72. The third kappa shape index (κ3) is 3.17. The van der Waals surface area contributed by atoms with Crippen LogP contribution in [-0.4, -0.2) is 23.5 Å². The van der Waals surface area contributed by atoms with Gasteiger partial charge in [-0.3, -0.25) is 0 Å². The van der Waals surface area contributed by atoms with Crippen LogP contribution in [0.25, 0.3) is 0 Å². The predicted octanol–water partition coefficient (Wildman–Crippen LogP) is -0.0813. The summed E-state index contributed by atoms with van der Waals surface area (Å²) in [4.78, 5) is 13.8. The molecule has 0 aliphatic carbocycles. The van der Waals surface area contributed by atoms with Crippen molar-refractivity contribution in [3.63, 3.8) is 0 Å². The van der Waals surface area contributed by atoms with Crippen LogP contribution in [0.2, 0.25) is 0 Å². The third-order valence-corrected chi connectivity index (χ3v) is 0.707. The first-order valence-corrected chi connectivity index (χ1v) is 2.72. The molecule has 6 nitrogen and oxygen atoms in total. The summed E-state index contributed by atoms with van der Waals surface area (Å²) in [5, 5.41) is 18.6. The van der Waals surface area contributed by atoms with Gasteiger partial charge in [0.15, 0.2) is 0 Å². The van der Waals surface area contributed by atoms with Crippen molar-refractivity contribution in [3.05, 3.63) is 0 Å². The van der Waals surface area contributed by atoms with Crippen LogP contribution in [0.15, 0.2) is 5.16 Å². The average molecular weight is 158 g/mol. The van der Waals surface area contributed by atoms with E-state index >= 15 is 0 Å². The maximum Gasteiger partial charge on any atom is 0.371 e. The minimum absolute atomic E-state index is 0.130. The number of rotatable bonds is 3. The Balaban J connectivity index is 4.18. The topological polar surface area (TPSA) is 91.9 Å². The molecule has 0 aromatic rings. The molecule has 0 aromatic carbocycles. The van der Waals surface area contributed by atoms with Crippen LogP contribution in [0, 0.1) is 11.3 Å². The van der Waals surface area contributed by atoms with Crippen LogP contribution in [0.5, 0.6) is 0 Å². The van der Waals surface area contributed by atoms with Crippen molar-refractivity contribution < 1.29 is 19.8 Å². The Kier molecular flexibility index (Phi) is 4.44. The monoisotopic (exact) mass is 158 g/mol. The van der Waals surface area contributed by atoms with Gasteiger partial charge in [0.25, 0.3) is 5.71 Å². The molecule has 0 rings (SSSR count). The SMILES string of the molecule is CCOC(=O)/C(C#N)=N/OO. The van der Waals surface area contributed by atoms with Crippen molar-refractivity contribution >= 4 is 11.7 Å². The lowest BCUT2D eigenvalue weighted by atomic mass is 10.4. The highest BCUT2D eigenvalue weighted by atomic mass is 17.2. The van der Waals surface area contributed by atoms with E-state index in [2.05, 4.69) is 14.9 Å². The van der Waals surface area contributed by atoms with Gasteiger partial charge in [0, 0.05) is 0 Å². The van der Waals surface area contributed by atoms with Gasteiger partial charge in [-0.15, -0.1) is 0 Å². The molecular formula is C5H6N2O4. The molecule has 0 aliphatic heterocycles. The fraction of sp³-hybridized carbons (Fsp3) is 0.400. The minimum Gasteiger partial charge on any atom is -0.461 e. The number of hydrogen-bond acceptors (Lipinski definition) is 6. The predicted molar refractivity (Wildman–Crippen MR) is 33.4 cm³/mol. The summed E-state index contributed by atoms with van der Waals surface area (Å²) < 4.78 is 4.36. The van der Waals surface area contributed by atoms with E-state index in [9.17, 15) is 4.79 Å². The molecule has 0 saturated heterocycles. The van der Waals surface area contributed by atoms with Crippen LogP contribution in [-0.2, 0) is 14.5 Å². The zero-order valence-electron chi connectivity index (χ0n) is 5.77. The van der Waals surface area contributed by atoms with Gasteiger partial charge < -0.3 is 4.74 Å². The van der Waals surface area contributed by atoms with E-state index in [1.807, 2.05) is 0 Å². The van der Waals surface area contributed by atoms with E-state index in [-0.39, 0.29) is 6.61 Å². The summed E-state index contributed by atoms with van der Waals surface area (Å²) in [7, 11) is 0. The Bertz CT molecular complexity index is 205. The number of esters is 1. The highest BCUT2D eigenvalue weighted by molar-refractivity contribution is 6.42. The molecule has 0 radical (unpaired) electrons. The highest BCUT2D eigenvalue weighted by Crippen LogP contribution is 1.84. The number of ether oxygens (including phenoxy) is 1. The molecule has 0 amide bonds. The van der Waals surface area contributed by atoms with Gasteiger partial charge in [-0.25, -0.2) is 9.78 Å². The summed E-state index contributed by atoms with van der Waals surface area (Å²) >= 11 is 0. The molecule has 11 heavy (non-hydrogen) atoms. The van der Waals surface area contributed by atoms with Crippen molar-refractivity contribution in [3.8, 4) is 6.07 Å². The smallest absolute Gasteiger partial charge is 0.371 e. The second kappa shape index (κ2) is 5.20. The number of hydrogen-bond donors (Lipinski definition) is 1. The Morgan fingerprint density at radius 2 is 2.45 bits per heavy atom. The summed E-state index contributed by atoms with van der Waals surface area (Å²) in [6.07, 6.45) is 0. The maximum atomic E-state index is 10.6. The van der Waals surface area contributed by atoms with Gasteiger partial charge >= 0.3 is 5.97 Å². The fourth-order valence-corrected chi connectivity index (χ4v) is 0.344. The third-order valence-electron chi connectivity index (χ3n) is 0.707. The Labute approximate surface area is 62.6 Å². The molecule has 1 N–H and O–H groups in total. The van der Waals surface area contributed by atoms with Crippen LogP contribution in [0.1, 0.15) is 6.92 Å². The lowest BCUT2D eigenvalue weighted by molar-refractivity contribution is -0.243. The molecule has 0 aromatic heterocycles. The van der Waals surface area contributed by atoms with E-state index < -0.39 is 11.7 Å². The zero-order chi connectivity index (χ0) is 8.69. The molecule has 0 saturated carbocycles. The summed E-state index contributed by atoms with van der Waals surface area (Å²) in [5.74, 6) is -0.927. The lowest BCUT2D eigenvalue weighted by Gasteiger charge is -1.95. The van der Waals surface area contributed by atoms with Crippen LogP contribution in [0.4, 0.5) is 0 Å². The summed E-state index contributed by atoms with van der Waals surface area (Å²) in [6, 6.07) is 1.38. The Morgan fingerprint density at radius 3 is 2.82 bits per heavy atom. The molecule has 0 spiro atoms. The molecule has 0 bridgehead atoms. The van der Waals surface area contributed by atoms with E-state index in [1.54, 1.807) is 6.92 Å². The molecule has 0 atom stereocenters. The van der Waals surface area contributed by atoms with Gasteiger partial charge in [0.05, 0.1) is 6.61 Å². The normalized spacial score (nSPS) is 10.1. The van der Waals surface area contributed by atoms with E-state index in [1.165, 1.54) is 6.07 Å². The zero-order valence-corrected chi connectivity index (χ0v) is 5.77. The highest BCUT2D eigenvalue weighted by Gasteiger charge is 2.12.